The molecule has 0 amide bonds. The van der Waals surface area contributed by atoms with Crippen LogP contribution in [0.3, 0.4) is 0 Å². The lowest BCUT2D eigenvalue weighted by molar-refractivity contribution is 0.0352. The van der Waals surface area contributed by atoms with Gasteiger partial charge < -0.3 is 9.47 Å². The van der Waals surface area contributed by atoms with E-state index in [1.807, 2.05) is 6.07 Å². The van der Waals surface area contributed by atoms with Crippen molar-refractivity contribution in [1.82, 2.24) is 0 Å². The standard InChI is InChI=1S/C11H10O3S2/c12-10(8-4-2-1-3-5-8)13-6-9-7-16-11(15)14-9/h1-5,9H,6-7H2/t9-/m1/s1. The summed E-state index contributed by atoms with van der Waals surface area (Å²) in [6.45, 7) is 0.251. The van der Waals surface area contributed by atoms with Crippen molar-refractivity contribution < 1.29 is 14.3 Å². The molecular weight excluding hydrogens is 244 g/mol. The number of thioether (sulfide) groups is 1. The number of carbonyl (C=O) groups excluding carboxylic acids is 1. The zero-order chi connectivity index (χ0) is 11.4. The Bertz CT molecular complexity index is 391. The molecular formula is C11H10O3S2. The number of carbonyl (C=O) groups is 1. The number of thiocarbonyl (C=S) groups is 1. The third-order valence-electron chi connectivity index (χ3n) is 2.06. The molecule has 16 heavy (non-hydrogen) atoms. The summed E-state index contributed by atoms with van der Waals surface area (Å²) < 4.78 is 10.9. The van der Waals surface area contributed by atoms with Gasteiger partial charge in [-0.15, -0.1) is 0 Å². The monoisotopic (exact) mass is 254 g/mol. The van der Waals surface area contributed by atoms with E-state index < -0.39 is 0 Å². The van der Waals surface area contributed by atoms with Crippen LogP contribution in [0, 0.1) is 0 Å². The van der Waals surface area contributed by atoms with Crippen LogP contribution in [0.4, 0.5) is 0 Å². The minimum Gasteiger partial charge on any atom is -0.471 e. The lowest BCUT2D eigenvalue weighted by Gasteiger charge is -2.09. The van der Waals surface area contributed by atoms with Crippen LogP contribution in [0.1, 0.15) is 10.4 Å². The van der Waals surface area contributed by atoms with Crippen molar-refractivity contribution in [2.24, 2.45) is 0 Å². The molecule has 5 heteroatoms. The van der Waals surface area contributed by atoms with Gasteiger partial charge in [0.25, 0.3) is 0 Å². The van der Waals surface area contributed by atoms with Crippen LogP contribution in [-0.2, 0) is 9.47 Å². The highest BCUT2D eigenvalue weighted by Crippen LogP contribution is 2.20. The Hall–Kier alpha value is -1.07. The third-order valence-corrected chi connectivity index (χ3v) is 3.38. The Morgan fingerprint density at radius 2 is 2.25 bits per heavy atom. The lowest BCUT2D eigenvalue weighted by Crippen LogP contribution is -2.20. The summed E-state index contributed by atoms with van der Waals surface area (Å²) in [6, 6.07) is 8.89. The summed E-state index contributed by atoms with van der Waals surface area (Å²) in [5.74, 6) is 0.424. The molecule has 1 aromatic carbocycles. The van der Waals surface area contributed by atoms with E-state index in [1.165, 1.54) is 11.8 Å². The highest BCUT2D eigenvalue weighted by Gasteiger charge is 2.22. The van der Waals surface area contributed by atoms with E-state index in [2.05, 4.69) is 0 Å². The first kappa shape index (κ1) is 11.4. The third kappa shape index (κ3) is 2.96. The zero-order valence-corrected chi connectivity index (χ0v) is 10.1. The minimum atomic E-state index is -0.327. The van der Waals surface area contributed by atoms with E-state index in [4.69, 9.17) is 21.7 Å². The molecule has 0 N–H and O–H groups in total. The largest absolute Gasteiger partial charge is 0.471 e. The predicted molar refractivity (Wildman–Crippen MR) is 66.7 cm³/mol. The van der Waals surface area contributed by atoms with Gasteiger partial charge in [0.05, 0.1) is 5.56 Å². The van der Waals surface area contributed by atoms with Crippen LogP contribution >= 0.6 is 24.0 Å². The van der Waals surface area contributed by atoms with Gasteiger partial charge in [-0.2, -0.15) is 0 Å². The van der Waals surface area contributed by atoms with Gasteiger partial charge in [-0.25, -0.2) is 4.79 Å². The molecule has 3 nitrogen and oxygen atoms in total. The molecule has 0 aromatic heterocycles. The molecule has 84 valence electrons. The van der Waals surface area contributed by atoms with Crippen LogP contribution in [-0.4, -0.2) is 28.8 Å². The summed E-state index contributed by atoms with van der Waals surface area (Å²) in [5, 5.41) is 0. The minimum absolute atomic E-state index is 0.106. The van der Waals surface area contributed by atoms with Crippen LogP contribution in [0.25, 0.3) is 0 Å². The highest BCUT2D eigenvalue weighted by atomic mass is 32.2. The first-order valence-corrected chi connectivity index (χ1v) is 6.20. The maximum absolute atomic E-state index is 11.6. The van der Waals surface area contributed by atoms with Crippen LogP contribution in [0.2, 0.25) is 0 Å². The fourth-order valence-corrected chi connectivity index (χ4v) is 2.30. The SMILES string of the molecule is O=C(OC[C@@H]1CSC(=S)O1)c1ccccc1. The number of hydrogen-bond acceptors (Lipinski definition) is 5. The molecule has 1 aliphatic rings. The molecule has 1 heterocycles. The van der Waals surface area contributed by atoms with Gasteiger partial charge in [-0.3, -0.25) is 0 Å². The number of hydrogen-bond donors (Lipinski definition) is 0. The second-order valence-corrected chi connectivity index (χ2v) is 4.89. The quantitative estimate of drug-likeness (QED) is 0.610. The Morgan fingerprint density at radius 1 is 1.50 bits per heavy atom. The topological polar surface area (TPSA) is 35.5 Å². The smallest absolute Gasteiger partial charge is 0.338 e. The van der Waals surface area contributed by atoms with E-state index >= 15 is 0 Å². The molecule has 0 saturated carbocycles. The van der Waals surface area contributed by atoms with E-state index in [1.54, 1.807) is 24.3 Å². The molecule has 0 radical (unpaired) electrons. The summed E-state index contributed by atoms with van der Waals surface area (Å²) in [7, 11) is 0. The maximum Gasteiger partial charge on any atom is 0.338 e. The van der Waals surface area contributed by atoms with Gasteiger partial charge in [0.2, 0.25) is 4.38 Å². The number of rotatable bonds is 3. The van der Waals surface area contributed by atoms with Gasteiger partial charge in [-0.1, -0.05) is 30.0 Å². The van der Waals surface area contributed by atoms with Crippen molar-refractivity contribution in [2.75, 3.05) is 12.4 Å². The number of esters is 1. The van der Waals surface area contributed by atoms with Gasteiger partial charge >= 0.3 is 5.97 Å². The Kier molecular flexibility index (Phi) is 3.79. The van der Waals surface area contributed by atoms with Gasteiger partial charge in [0.15, 0.2) is 0 Å². The summed E-state index contributed by atoms with van der Waals surface area (Å²) >= 11 is 6.34. The number of benzene rings is 1. The summed E-state index contributed by atoms with van der Waals surface area (Å²) in [5.41, 5.74) is 0.552. The molecule has 0 spiro atoms. The van der Waals surface area contributed by atoms with Crippen LogP contribution < -0.4 is 0 Å². The first-order valence-electron chi connectivity index (χ1n) is 4.81. The van der Waals surface area contributed by atoms with E-state index in [0.717, 1.165) is 5.75 Å². The van der Waals surface area contributed by atoms with Crippen molar-refractivity contribution in [2.45, 2.75) is 6.10 Å². The average molecular weight is 254 g/mol. The van der Waals surface area contributed by atoms with E-state index in [9.17, 15) is 4.79 Å². The van der Waals surface area contributed by atoms with Crippen LogP contribution in [0.5, 0.6) is 0 Å². The van der Waals surface area contributed by atoms with Crippen molar-refractivity contribution >= 4 is 34.3 Å². The molecule has 0 unspecified atom stereocenters. The van der Waals surface area contributed by atoms with Crippen molar-refractivity contribution in [1.29, 1.82) is 0 Å². The highest BCUT2D eigenvalue weighted by molar-refractivity contribution is 8.22. The predicted octanol–water partition coefficient (Wildman–Crippen LogP) is 2.26. The normalized spacial score (nSPS) is 19.2. The van der Waals surface area contributed by atoms with Gasteiger partial charge in [0, 0.05) is 5.75 Å². The fourth-order valence-electron chi connectivity index (χ4n) is 1.27. The zero-order valence-electron chi connectivity index (χ0n) is 8.42. The Morgan fingerprint density at radius 3 is 2.88 bits per heavy atom. The van der Waals surface area contributed by atoms with Crippen molar-refractivity contribution in [3.8, 4) is 0 Å². The molecule has 1 aromatic rings. The lowest BCUT2D eigenvalue weighted by atomic mass is 10.2. The summed E-state index contributed by atoms with van der Waals surface area (Å²) in [4.78, 5) is 11.6. The molecule has 1 aliphatic heterocycles. The summed E-state index contributed by atoms with van der Waals surface area (Å²) in [6.07, 6.45) is -0.106. The molecule has 1 fully saturated rings. The molecule has 2 rings (SSSR count). The molecule has 0 aliphatic carbocycles. The Balaban J connectivity index is 1.82. The molecule has 1 atom stereocenters. The molecule has 1 saturated heterocycles. The Labute approximate surface area is 103 Å². The van der Waals surface area contributed by atoms with E-state index in [-0.39, 0.29) is 18.7 Å². The fraction of sp³-hybridized carbons (Fsp3) is 0.273. The molecule has 0 bridgehead atoms. The maximum atomic E-state index is 11.6. The number of ether oxygens (including phenoxy) is 2. The van der Waals surface area contributed by atoms with Gasteiger partial charge in [-0.05, 0) is 24.4 Å². The van der Waals surface area contributed by atoms with Crippen LogP contribution in [0.15, 0.2) is 30.3 Å². The second-order valence-electron chi connectivity index (χ2n) is 3.27. The van der Waals surface area contributed by atoms with Crippen molar-refractivity contribution in [3.63, 3.8) is 0 Å². The first-order chi connectivity index (χ1) is 7.75. The average Bonchev–Trinajstić information content (AvgIpc) is 2.73. The van der Waals surface area contributed by atoms with Crippen molar-refractivity contribution in [3.05, 3.63) is 35.9 Å². The second kappa shape index (κ2) is 5.32. The van der Waals surface area contributed by atoms with E-state index in [0.29, 0.717) is 9.95 Å². The van der Waals surface area contributed by atoms with Gasteiger partial charge in [0.1, 0.15) is 12.7 Å².